The highest BCUT2D eigenvalue weighted by atomic mass is 35.5. The molecular weight excluding hydrogens is 471 g/mol. The van der Waals surface area contributed by atoms with E-state index in [1.807, 2.05) is 56.3 Å². The Kier molecular flexibility index (Phi) is 9.37. The first-order valence-electron chi connectivity index (χ1n) is 11.1. The van der Waals surface area contributed by atoms with Crippen LogP contribution in [0.2, 0.25) is 10.0 Å². The van der Waals surface area contributed by atoms with E-state index in [1.165, 1.54) is 0 Å². The monoisotopic (exact) mass is 498 g/mol. The van der Waals surface area contributed by atoms with Gasteiger partial charge in [-0.15, -0.1) is 0 Å². The van der Waals surface area contributed by atoms with E-state index >= 15 is 0 Å². The van der Waals surface area contributed by atoms with Crippen LogP contribution in [0.3, 0.4) is 0 Å². The van der Waals surface area contributed by atoms with E-state index in [0.29, 0.717) is 22.2 Å². The number of carbonyl (C=O) groups is 2. The second-order valence-electron chi connectivity index (χ2n) is 8.24. The summed E-state index contributed by atoms with van der Waals surface area (Å²) >= 11 is 12.2. The van der Waals surface area contributed by atoms with Gasteiger partial charge in [0.1, 0.15) is 11.8 Å². The summed E-state index contributed by atoms with van der Waals surface area (Å²) in [7, 11) is 0. The molecule has 34 heavy (non-hydrogen) atoms. The van der Waals surface area contributed by atoms with E-state index in [-0.39, 0.29) is 31.0 Å². The molecule has 0 unspecified atom stereocenters. The van der Waals surface area contributed by atoms with E-state index in [4.69, 9.17) is 27.9 Å². The molecule has 0 spiro atoms. The van der Waals surface area contributed by atoms with Crippen molar-refractivity contribution in [3.8, 4) is 5.75 Å². The molecule has 0 radical (unpaired) electrons. The van der Waals surface area contributed by atoms with Gasteiger partial charge < -0.3 is 15.0 Å². The van der Waals surface area contributed by atoms with Gasteiger partial charge in [0.15, 0.2) is 6.61 Å². The largest absolute Gasteiger partial charge is 0.482 e. The van der Waals surface area contributed by atoms with E-state index in [9.17, 15) is 9.59 Å². The van der Waals surface area contributed by atoms with Crippen LogP contribution in [-0.2, 0) is 22.6 Å². The zero-order chi connectivity index (χ0) is 24.5. The molecule has 2 amide bonds. The molecule has 0 saturated carbocycles. The van der Waals surface area contributed by atoms with Crippen molar-refractivity contribution < 1.29 is 14.3 Å². The second-order valence-corrected chi connectivity index (χ2v) is 9.08. The lowest BCUT2D eigenvalue weighted by Crippen LogP contribution is -2.52. The van der Waals surface area contributed by atoms with E-state index in [0.717, 1.165) is 11.1 Å². The van der Waals surface area contributed by atoms with Gasteiger partial charge in [0.25, 0.3) is 5.91 Å². The molecule has 1 atom stereocenters. The molecule has 0 aliphatic heterocycles. The van der Waals surface area contributed by atoms with Gasteiger partial charge in [-0.1, -0.05) is 77.8 Å². The van der Waals surface area contributed by atoms with Crippen LogP contribution in [-0.4, -0.2) is 35.4 Å². The van der Waals surface area contributed by atoms with Gasteiger partial charge in [-0.3, -0.25) is 9.59 Å². The molecule has 3 aromatic carbocycles. The number of amides is 2. The van der Waals surface area contributed by atoms with Crippen LogP contribution in [0, 0.1) is 0 Å². The number of para-hydroxylation sites is 1. The van der Waals surface area contributed by atoms with Crippen LogP contribution in [0.25, 0.3) is 0 Å². The first-order valence-corrected chi connectivity index (χ1v) is 11.8. The molecule has 0 fully saturated rings. The zero-order valence-corrected chi connectivity index (χ0v) is 20.7. The maximum atomic E-state index is 13.5. The molecule has 3 aromatic rings. The standard InChI is InChI=1S/C27H28Cl2N2O3/c1-19(2)30-27(33)24(16-20-8-4-3-5-9-20)31(17-21-12-14-22(28)15-13-21)26(32)18-34-25-11-7-6-10-23(25)29/h3-15,19,24H,16-18H2,1-2H3,(H,30,33)/t24-/m1/s1. The number of halogens is 2. The molecule has 0 aromatic heterocycles. The van der Waals surface area contributed by atoms with E-state index in [1.54, 1.807) is 41.3 Å². The first-order chi connectivity index (χ1) is 16.3. The van der Waals surface area contributed by atoms with Crippen LogP contribution in [0.4, 0.5) is 0 Å². The molecule has 0 aliphatic carbocycles. The summed E-state index contributed by atoms with van der Waals surface area (Å²) in [5, 5.41) is 3.97. The number of hydrogen-bond acceptors (Lipinski definition) is 3. The highest BCUT2D eigenvalue weighted by molar-refractivity contribution is 6.32. The van der Waals surface area contributed by atoms with E-state index in [2.05, 4.69) is 5.32 Å². The van der Waals surface area contributed by atoms with Crippen molar-refractivity contribution in [1.29, 1.82) is 0 Å². The molecule has 3 rings (SSSR count). The van der Waals surface area contributed by atoms with Gasteiger partial charge in [0, 0.05) is 24.0 Å². The lowest BCUT2D eigenvalue weighted by atomic mass is 10.0. The lowest BCUT2D eigenvalue weighted by molar-refractivity contribution is -0.143. The van der Waals surface area contributed by atoms with Gasteiger partial charge in [-0.2, -0.15) is 0 Å². The predicted molar refractivity (Wildman–Crippen MR) is 136 cm³/mol. The molecule has 7 heteroatoms. The third kappa shape index (κ3) is 7.51. The minimum absolute atomic E-state index is 0.0716. The zero-order valence-electron chi connectivity index (χ0n) is 19.2. The molecule has 0 bridgehead atoms. The summed E-state index contributed by atoms with van der Waals surface area (Å²) in [5.74, 6) is -0.135. The molecule has 0 aliphatic rings. The summed E-state index contributed by atoms with van der Waals surface area (Å²) in [6.45, 7) is 3.76. The molecule has 1 N–H and O–H groups in total. The number of hydrogen-bond donors (Lipinski definition) is 1. The summed E-state index contributed by atoms with van der Waals surface area (Å²) in [6.07, 6.45) is 0.366. The highest BCUT2D eigenvalue weighted by Crippen LogP contribution is 2.23. The van der Waals surface area contributed by atoms with Crippen LogP contribution in [0.15, 0.2) is 78.9 Å². The average Bonchev–Trinajstić information content (AvgIpc) is 2.82. The van der Waals surface area contributed by atoms with Gasteiger partial charge in [-0.25, -0.2) is 0 Å². The second kappa shape index (κ2) is 12.4. The van der Waals surface area contributed by atoms with Crippen molar-refractivity contribution in [2.75, 3.05) is 6.61 Å². The van der Waals surface area contributed by atoms with Crippen molar-refractivity contribution in [2.45, 2.75) is 38.9 Å². The number of rotatable bonds is 10. The fourth-order valence-corrected chi connectivity index (χ4v) is 3.82. The topological polar surface area (TPSA) is 58.6 Å². The molecule has 0 saturated heterocycles. The minimum Gasteiger partial charge on any atom is -0.482 e. The summed E-state index contributed by atoms with van der Waals surface area (Å²) in [6, 6.07) is 23.0. The SMILES string of the molecule is CC(C)NC(=O)[C@@H](Cc1ccccc1)N(Cc1ccc(Cl)cc1)C(=O)COc1ccccc1Cl. The molecular formula is C27H28Cl2N2O3. The Morgan fingerprint density at radius 1 is 0.882 bits per heavy atom. The number of carbonyl (C=O) groups excluding carboxylic acids is 2. The Hall–Kier alpha value is -3.02. The van der Waals surface area contributed by atoms with Crippen LogP contribution in [0.1, 0.15) is 25.0 Å². The Bertz CT molecular complexity index is 1090. The van der Waals surface area contributed by atoms with Gasteiger partial charge in [-0.05, 0) is 49.2 Å². The number of nitrogens with zero attached hydrogens (tertiary/aromatic N) is 1. The first kappa shape index (κ1) is 25.6. The van der Waals surface area contributed by atoms with Crippen LogP contribution < -0.4 is 10.1 Å². The summed E-state index contributed by atoms with van der Waals surface area (Å²) in [4.78, 5) is 28.3. The Morgan fingerprint density at radius 3 is 2.18 bits per heavy atom. The Labute approximate surface area is 210 Å². The number of benzene rings is 3. The third-order valence-electron chi connectivity index (χ3n) is 5.16. The summed E-state index contributed by atoms with van der Waals surface area (Å²) < 4.78 is 5.72. The maximum absolute atomic E-state index is 13.5. The highest BCUT2D eigenvalue weighted by Gasteiger charge is 2.31. The van der Waals surface area contributed by atoms with Crippen molar-refractivity contribution >= 4 is 35.0 Å². The van der Waals surface area contributed by atoms with E-state index < -0.39 is 6.04 Å². The van der Waals surface area contributed by atoms with Gasteiger partial charge in [0.05, 0.1) is 5.02 Å². The van der Waals surface area contributed by atoms with Crippen molar-refractivity contribution in [2.24, 2.45) is 0 Å². The fraction of sp³-hybridized carbons (Fsp3) is 0.259. The third-order valence-corrected chi connectivity index (χ3v) is 5.72. The number of nitrogens with one attached hydrogen (secondary N) is 1. The molecule has 0 heterocycles. The van der Waals surface area contributed by atoms with Gasteiger partial charge in [0.2, 0.25) is 5.91 Å². The average molecular weight is 499 g/mol. The smallest absolute Gasteiger partial charge is 0.261 e. The summed E-state index contributed by atoms with van der Waals surface area (Å²) in [5.41, 5.74) is 1.80. The Balaban J connectivity index is 1.91. The van der Waals surface area contributed by atoms with Crippen LogP contribution in [0.5, 0.6) is 5.75 Å². The van der Waals surface area contributed by atoms with Crippen LogP contribution >= 0.6 is 23.2 Å². The Morgan fingerprint density at radius 2 is 1.53 bits per heavy atom. The normalized spacial score (nSPS) is 11.7. The maximum Gasteiger partial charge on any atom is 0.261 e. The number of ether oxygens (including phenoxy) is 1. The lowest BCUT2D eigenvalue weighted by Gasteiger charge is -2.32. The fourth-order valence-electron chi connectivity index (χ4n) is 3.51. The molecule has 178 valence electrons. The van der Waals surface area contributed by atoms with Gasteiger partial charge >= 0.3 is 0 Å². The quantitative estimate of drug-likeness (QED) is 0.399. The molecule has 5 nitrogen and oxygen atoms in total. The minimum atomic E-state index is -0.733. The van der Waals surface area contributed by atoms with Crippen molar-refractivity contribution in [3.05, 3.63) is 100 Å². The van der Waals surface area contributed by atoms with Crippen molar-refractivity contribution in [3.63, 3.8) is 0 Å². The van der Waals surface area contributed by atoms with Crippen molar-refractivity contribution in [1.82, 2.24) is 10.2 Å². The predicted octanol–water partition coefficient (Wildman–Crippen LogP) is 5.54.